The van der Waals surface area contributed by atoms with E-state index in [2.05, 4.69) is 0 Å². The summed E-state index contributed by atoms with van der Waals surface area (Å²) >= 11 is 6.18. The maximum Gasteiger partial charge on any atom is 0.414 e. The average molecular weight is 542 g/mol. The van der Waals surface area contributed by atoms with Crippen LogP contribution in [0.25, 0.3) is 11.1 Å². The average Bonchev–Trinajstić information content (AvgIpc) is 2.79. The Hall–Kier alpha value is -2.36. The monoisotopic (exact) mass is 541 g/mol. The lowest BCUT2D eigenvalue weighted by Gasteiger charge is -2.30. The molecule has 0 saturated carbocycles. The Bertz CT molecular complexity index is 1200. The number of ether oxygens (including phenoxy) is 3. The van der Waals surface area contributed by atoms with Crippen LogP contribution in [0.5, 0.6) is 0 Å². The van der Waals surface area contributed by atoms with E-state index in [-0.39, 0.29) is 12.5 Å². The number of hydrogen-bond donors (Lipinski definition) is 0. The van der Waals surface area contributed by atoms with E-state index in [0.29, 0.717) is 33.9 Å². The number of aromatic nitrogens is 1. The summed E-state index contributed by atoms with van der Waals surface area (Å²) in [5.41, 5.74) is 0.294. The van der Waals surface area contributed by atoms with E-state index in [1.807, 2.05) is 0 Å². The fourth-order valence-corrected chi connectivity index (χ4v) is 4.95. The molecule has 0 N–H and O–H groups in total. The predicted octanol–water partition coefficient (Wildman–Crippen LogP) is 6.01. The molecule has 1 fully saturated rings. The molecule has 2 aliphatic rings. The summed E-state index contributed by atoms with van der Waals surface area (Å²) in [4.78, 5) is 26.7. The van der Waals surface area contributed by atoms with Crippen LogP contribution in [0, 0.1) is 0 Å². The van der Waals surface area contributed by atoms with Crippen LogP contribution in [0.1, 0.15) is 63.6 Å². The predicted molar refractivity (Wildman–Crippen MR) is 133 cm³/mol. The van der Waals surface area contributed by atoms with Crippen molar-refractivity contribution in [3.8, 4) is 11.1 Å². The maximum absolute atomic E-state index is 13.7. The number of carbonyl (C=O) groups is 1. The second-order valence-electron chi connectivity index (χ2n) is 10.6. The van der Waals surface area contributed by atoms with Gasteiger partial charge in [-0.1, -0.05) is 17.7 Å². The van der Waals surface area contributed by atoms with Crippen molar-refractivity contribution in [1.29, 1.82) is 0 Å². The second kappa shape index (κ2) is 10.8. The zero-order valence-corrected chi connectivity index (χ0v) is 21.8. The van der Waals surface area contributed by atoms with Gasteiger partial charge in [0.05, 0.1) is 12.7 Å². The first kappa shape index (κ1) is 27.7. The standard InChI is InChI=1S/C27H31ClF3NO5/c1-26(2,3)37-25(34)22(12-19-6-4-5-9-35-19)32-14-17-15-36-23(27(29,30)31)10-16-7-8-18(28)11-20(16)21(17)13-24(32)33/h7-8,11,13-14,19,22-23H,4-6,9-10,12,15H2,1-3H3/t19-,22?,23?/m0/s1. The molecular formula is C27H31ClF3NO5. The van der Waals surface area contributed by atoms with E-state index in [0.717, 1.165) is 19.3 Å². The summed E-state index contributed by atoms with van der Waals surface area (Å²) in [6.45, 7) is 5.36. The molecule has 0 radical (unpaired) electrons. The third-order valence-electron chi connectivity index (χ3n) is 6.51. The first-order chi connectivity index (χ1) is 17.3. The van der Waals surface area contributed by atoms with Gasteiger partial charge in [-0.05, 0) is 68.9 Å². The summed E-state index contributed by atoms with van der Waals surface area (Å²) in [5, 5.41) is 0.333. The Kier molecular flexibility index (Phi) is 8.07. The second-order valence-corrected chi connectivity index (χ2v) is 11.0. The first-order valence-electron chi connectivity index (χ1n) is 12.4. The van der Waals surface area contributed by atoms with Crippen molar-refractivity contribution in [2.75, 3.05) is 6.61 Å². The van der Waals surface area contributed by atoms with Crippen LogP contribution in [0.3, 0.4) is 0 Å². The van der Waals surface area contributed by atoms with Crippen LogP contribution in [0.2, 0.25) is 5.02 Å². The van der Waals surface area contributed by atoms with Gasteiger partial charge in [-0.25, -0.2) is 4.79 Å². The van der Waals surface area contributed by atoms with E-state index in [4.69, 9.17) is 25.8 Å². The van der Waals surface area contributed by atoms with Gasteiger partial charge < -0.3 is 18.8 Å². The van der Waals surface area contributed by atoms with Crippen molar-refractivity contribution in [1.82, 2.24) is 4.57 Å². The Morgan fingerprint density at radius 3 is 2.51 bits per heavy atom. The van der Waals surface area contributed by atoms with Crippen LogP contribution >= 0.6 is 11.6 Å². The van der Waals surface area contributed by atoms with Crippen molar-refractivity contribution >= 4 is 17.6 Å². The molecule has 0 amide bonds. The molecule has 10 heteroatoms. The van der Waals surface area contributed by atoms with E-state index >= 15 is 0 Å². The van der Waals surface area contributed by atoms with E-state index in [9.17, 15) is 22.8 Å². The van der Waals surface area contributed by atoms with E-state index in [1.165, 1.54) is 29.0 Å². The molecule has 0 aliphatic carbocycles. The molecule has 0 bridgehead atoms. The van der Waals surface area contributed by atoms with Crippen LogP contribution < -0.4 is 5.56 Å². The summed E-state index contributed by atoms with van der Waals surface area (Å²) < 4.78 is 59.1. The van der Waals surface area contributed by atoms with Gasteiger partial charge in [0.1, 0.15) is 11.6 Å². The SMILES string of the molecule is CC(C)(C)OC(=O)C(C[C@@H]1CCCCO1)n1cc2c(cc1=O)-c1cc(Cl)ccc1CC(C(F)(F)F)OC2. The van der Waals surface area contributed by atoms with E-state index in [1.54, 1.807) is 26.8 Å². The molecule has 202 valence electrons. The number of esters is 1. The molecule has 2 aromatic rings. The summed E-state index contributed by atoms with van der Waals surface area (Å²) in [5.74, 6) is -0.605. The lowest BCUT2D eigenvalue weighted by molar-refractivity contribution is -0.223. The number of halogens is 4. The van der Waals surface area contributed by atoms with Crippen LogP contribution in [0.4, 0.5) is 13.2 Å². The Balaban J connectivity index is 1.81. The fourth-order valence-electron chi connectivity index (χ4n) is 4.77. The van der Waals surface area contributed by atoms with Crippen molar-refractivity contribution in [3.63, 3.8) is 0 Å². The zero-order chi connectivity index (χ0) is 27.0. The molecular weight excluding hydrogens is 511 g/mol. The minimum absolute atomic E-state index is 0.210. The number of benzene rings is 1. The molecule has 2 unspecified atom stereocenters. The third kappa shape index (κ3) is 6.75. The van der Waals surface area contributed by atoms with Crippen LogP contribution in [-0.2, 0) is 32.0 Å². The first-order valence-corrected chi connectivity index (χ1v) is 12.8. The number of pyridine rings is 1. The van der Waals surface area contributed by atoms with Gasteiger partial charge in [0.2, 0.25) is 0 Å². The Labute approximate surface area is 218 Å². The largest absolute Gasteiger partial charge is 0.458 e. The topological polar surface area (TPSA) is 66.8 Å². The van der Waals surface area contributed by atoms with E-state index < -0.39 is 48.5 Å². The highest BCUT2D eigenvalue weighted by atomic mass is 35.5. The number of hydrogen-bond acceptors (Lipinski definition) is 5. The molecule has 37 heavy (non-hydrogen) atoms. The van der Waals surface area contributed by atoms with Crippen LogP contribution in [-0.4, -0.2) is 41.1 Å². The molecule has 2 aliphatic heterocycles. The minimum Gasteiger partial charge on any atom is -0.458 e. The molecule has 1 saturated heterocycles. The van der Waals surface area contributed by atoms with Gasteiger partial charge in [0.25, 0.3) is 5.56 Å². The number of nitrogens with zero attached hydrogens (tertiary/aromatic N) is 1. The highest BCUT2D eigenvalue weighted by molar-refractivity contribution is 6.30. The summed E-state index contributed by atoms with van der Waals surface area (Å²) in [6, 6.07) is 4.91. The fraction of sp³-hybridized carbons (Fsp3) is 0.556. The smallest absolute Gasteiger partial charge is 0.414 e. The normalized spacial score (nSPS) is 21.3. The quantitative estimate of drug-likeness (QED) is 0.443. The summed E-state index contributed by atoms with van der Waals surface area (Å²) in [7, 11) is 0. The molecule has 1 aromatic carbocycles. The van der Waals surface area contributed by atoms with Crippen molar-refractivity contribution in [3.05, 3.63) is 57.0 Å². The molecule has 4 rings (SSSR count). The van der Waals surface area contributed by atoms with Gasteiger partial charge in [-0.3, -0.25) is 4.79 Å². The molecule has 1 aromatic heterocycles. The van der Waals surface area contributed by atoms with Crippen molar-refractivity contribution in [2.24, 2.45) is 0 Å². The molecule has 6 nitrogen and oxygen atoms in total. The van der Waals surface area contributed by atoms with Gasteiger partial charge in [-0.15, -0.1) is 0 Å². The zero-order valence-electron chi connectivity index (χ0n) is 21.1. The number of rotatable bonds is 4. The van der Waals surface area contributed by atoms with Crippen LogP contribution in [0.15, 0.2) is 35.3 Å². The number of alkyl halides is 3. The molecule has 3 atom stereocenters. The van der Waals surface area contributed by atoms with Gasteiger partial charge in [-0.2, -0.15) is 13.2 Å². The lowest BCUT2D eigenvalue weighted by atomic mass is 9.92. The Morgan fingerprint density at radius 2 is 1.86 bits per heavy atom. The molecule has 0 spiro atoms. The van der Waals surface area contributed by atoms with Gasteiger partial charge in [0, 0.05) is 42.3 Å². The Morgan fingerprint density at radius 1 is 1.14 bits per heavy atom. The third-order valence-corrected chi connectivity index (χ3v) is 6.75. The highest BCUT2D eigenvalue weighted by Gasteiger charge is 2.42. The maximum atomic E-state index is 13.7. The summed E-state index contributed by atoms with van der Waals surface area (Å²) in [6.07, 6.45) is -3.04. The highest BCUT2D eigenvalue weighted by Crippen LogP contribution is 2.37. The minimum atomic E-state index is -4.58. The van der Waals surface area contributed by atoms with Crippen molar-refractivity contribution in [2.45, 2.75) is 89.5 Å². The number of fused-ring (bicyclic) bond motifs is 3. The van der Waals surface area contributed by atoms with Crippen molar-refractivity contribution < 1.29 is 32.2 Å². The molecule has 3 heterocycles. The lowest BCUT2D eigenvalue weighted by Crippen LogP contribution is -2.38. The van der Waals surface area contributed by atoms with Gasteiger partial charge in [0.15, 0.2) is 6.10 Å². The number of carbonyl (C=O) groups excluding carboxylic acids is 1. The van der Waals surface area contributed by atoms with Gasteiger partial charge >= 0.3 is 12.1 Å².